The van der Waals surface area contributed by atoms with Crippen molar-refractivity contribution >= 4 is 29.5 Å². The highest BCUT2D eigenvalue weighted by atomic mass is 16.4. The molecule has 0 heterocycles. The molecule has 6 heteroatoms. The number of rotatable bonds is 5. The fraction of sp³-hybridized carbons (Fsp3) is 0.214. The molecule has 0 aliphatic rings. The van der Waals surface area contributed by atoms with Crippen molar-refractivity contribution in [2.45, 2.75) is 19.9 Å². The van der Waals surface area contributed by atoms with Crippen molar-refractivity contribution in [2.24, 2.45) is 0 Å². The summed E-state index contributed by atoms with van der Waals surface area (Å²) in [7, 11) is 0. The molecule has 0 saturated carbocycles. The van der Waals surface area contributed by atoms with Gasteiger partial charge in [0.2, 0.25) is 11.8 Å². The van der Waals surface area contributed by atoms with E-state index in [0.29, 0.717) is 11.3 Å². The first-order valence-corrected chi connectivity index (χ1v) is 5.97. The van der Waals surface area contributed by atoms with Crippen LogP contribution < -0.4 is 10.6 Å². The van der Waals surface area contributed by atoms with Gasteiger partial charge < -0.3 is 15.7 Å². The van der Waals surface area contributed by atoms with E-state index < -0.39 is 12.0 Å². The minimum absolute atomic E-state index is 0.286. The summed E-state index contributed by atoms with van der Waals surface area (Å²) in [5, 5.41) is 13.7. The molecule has 0 fully saturated rings. The number of hydrogen-bond acceptors (Lipinski definition) is 3. The number of carbonyl (C=O) groups is 3. The smallest absolute Gasteiger partial charge is 0.328 e. The van der Waals surface area contributed by atoms with Crippen molar-refractivity contribution in [2.75, 3.05) is 5.32 Å². The maximum Gasteiger partial charge on any atom is 0.328 e. The van der Waals surface area contributed by atoms with Gasteiger partial charge in [-0.2, -0.15) is 0 Å². The first-order valence-electron chi connectivity index (χ1n) is 5.97. The van der Waals surface area contributed by atoms with E-state index in [4.69, 9.17) is 5.11 Å². The van der Waals surface area contributed by atoms with Crippen molar-refractivity contribution < 1.29 is 19.5 Å². The summed E-state index contributed by atoms with van der Waals surface area (Å²) >= 11 is 0. The normalized spacial score (nSPS) is 11.9. The third-order valence-corrected chi connectivity index (χ3v) is 2.39. The lowest BCUT2D eigenvalue weighted by molar-refractivity contribution is -0.131. The van der Waals surface area contributed by atoms with Crippen LogP contribution in [0.2, 0.25) is 0 Å². The van der Waals surface area contributed by atoms with Crippen LogP contribution >= 0.6 is 0 Å². The highest BCUT2D eigenvalue weighted by molar-refractivity contribution is 5.97. The number of carbonyl (C=O) groups excluding carboxylic acids is 2. The third kappa shape index (κ3) is 5.34. The molecular weight excluding hydrogens is 260 g/mol. The Morgan fingerprint density at radius 2 is 2.00 bits per heavy atom. The van der Waals surface area contributed by atoms with Crippen LogP contribution in [-0.4, -0.2) is 28.9 Å². The molecule has 1 aromatic carbocycles. The fourth-order valence-corrected chi connectivity index (χ4v) is 1.51. The van der Waals surface area contributed by atoms with Crippen molar-refractivity contribution in [3.05, 3.63) is 35.9 Å². The molecule has 106 valence electrons. The second-order valence-corrected chi connectivity index (χ2v) is 4.21. The molecule has 0 saturated heterocycles. The number of amides is 2. The zero-order valence-electron chi connectivity index (χ0n) is 11.2. The molecule has 2 amide bonds. The fourth-order valence-electron chi connectivity index (χ4n) is 1.51. The Kier molecular flexibility index (Phi) is 5.46. The number of carboxylic acids is 1. The monoisotopic (exact) mass is 276 g/mol. The van der Waals surface area contributed by atoms with Crippen LogP contribution in [0.15, 0.2) is 30.3 Å². The molecule has 1 rings (SSSR count). The minimum atomic E-state index is -1.04. The molecule has 0 bridgehead atoms. The first kappa shape index (κ1) is 15.4. The number of aliphatic carboxylic acids is 1. The quantitative estimate of drug-likeness (QED) is 0.705. The molecule has 1 unspecified atom stereocenters. The van der Waals surface area contributed by atoms with E-state index >= 15 is 0 Å². The van der Waals surface area contributed by atoms with Crippen LogP contribution in [0.5, 0.6) is 0 Å². The first-order chi connectivity index (χ1) is 9.38. The second-order valence-electron chi connectivity index (χ2n) is 4.21. The minimum Gasteiger partial charge on any atom is -0.478 e. The van der Waals surface area contributed by atoms with Crippen LogP contribution in [0.3, 0.4) is 0 Å². The Balaban J connectivity index is 2.73. The molecule has 3 N–H and O–H groups in total. The van der Waals surface area contributed by atoms with Crippen LogP contribution in [0.4, 0.5) is 5.69 Å². The van der Waals surface area contributed by atoms with Crippen molar-refractivity contribution in [3.63, 3.8) is 0 Å². The van der Waals surface area contributed by atoms with Gasteiger partial charge in [0.1, 0.15) is 6.04 Å². The Bertz CT molecular complexity index is 552. The summed E-state index contributed by atoms with van der Waals surface area (Å²) in [5.41, 5.74) is 1.18. The summed E-state index contributed by atoms with van der Waals surface area (Å²) in [6.45, 7) is 2.91. The number of anilines is 1. The lowest BCUT2D eigenvalue weighted by Crippen LogP contribution is -2.40. The second kappa shape index (κ2) is 7.08. The third-order valence-electron chi connectivity index (χ3n) is 2.39. The molecule has 6 nitrogen and oxygen atoms in total. The van der Waals surface area contributed by atoms with E-state index in [0.717, 1.165) is 6.08 Å². The maximum atomic E-state index is 11.8. The Labute approximate surface area is 116 Å². The van der Waals surface area contributed by atoms with E-state index in [9.17, 15) is 14.4 Å². The molecule has 0 aliphatic carbocycles. The average molecular weight is 276 g/mol. The molecule has 0 aliphatic heterocycles. The summed E-state index contributed by atoms with van der Waals surface area (Å²) in [6, 6.07) is 6.08. The average Bonchev–Trinajstić information content (AvgIpc) is 2.36. The van der Waals surface area contributed by atoms with Crippen molar-refractivity contribution in [1.82, 2.24) is 5.32 Å². The highest BCUT2D eigenvalue weighted by Crippen LogP contribution is 2.12. The van der Waals surface area contributed by atoms with Gasteiger partial charge in [0.25, 0.3) is 0 Å². The zero-order chi connectivity index (χ0) is 15.1. The Morgan fingerprint density at radius 3 is 2.60 bits per heavy atom. The maximum absolute atomic E-state index is 11.8. The van der Waals surface area contributed by atoms with Crippen LogP contribution in [0.25, 0.3) is 6.08 Å². The molecule has 0 aromatic heterocycles. The van der Waals surface area contributed by atoms with Gasteiger partial charge in [-0.1, -0.05) is 12.1 Å². The highest BCUT2D eigenvalue weighted by Gasteiger charge is 2.13. The Morgan fingerprint density at radius 1 is 1.30 bits per heavy atom. The predicted molar refractivity (Wildman–Crippen MR) is 75.0 cm³/mol. The lowest BCUT2D eigenvalue weighted by Gasteiger charge is -2.13. The molecular formula is C14H16N2O4. The van der Waals surface area contributed by atoms with Crippen molar-refractivity contribution in [3.8, 4) is 0 Å². The standard InChI is InChI=1S/C14H16N2O4/c1-9(15-10(2)17)14(20)16-12-5-3-4-11(8-12)6-7-13(18)19/h3-9H,1-2H3,(H,15,17)(H,16,20)(H,18,19)/b7-6+. The summed E-state index contributed by atoms with van der Waals surface area (Å²) < 4.78 is 0. The SMILES string of the molecule is CC(=O)NC(C)C(=O)Nc1cccc(/C=C/C(=O)O)c1. The number of benzene rings is 1. The molecule has 1 atom stereocenters. The van der Waals surface area contributed by atoms with E-state index in [1.54, 1.807) is 31.2 Å². The van der Waals surface area contributed by atoms with Crippen molar-refractivity contribution in [1.29, 1.82) is 0 Å². The summed E-state index contributed by atoms with van der Waals surface area (Å²) in [6.07, 6.45) is 2.44. The zero-order valence-corrected chi connectivity index (χ0v) is 11.2. The van der Waals surface area contributed by atoms with Gasteiger partial charge in [0, 0.05) is 18.7 Å². The summed E-state index contributed by atoms with van der Waals surface area (Å²) in [5.74, 6) is -1.68. The van der Waals surface area contributed by atoms with E-state index in [-0.39, 0.29) is 11.8 Å². The van der Waals surface area contributed by atoms with E-state index in [2.05, 4.69) is 10.6 Å². The molecule has 0 radical (unpaired) electrons. The van der Waals surface area contributed by atoms with Crippen LogP contribution in [0.1, 0.15) is 19.4 Å². The van der Waals surface area contributed by atoms with Crippen LogP contribution in [-0.2, 0) is 14.4 Å². The number of hydrogen-bond donors (Lipinski definition) is 3. The van der Waals surface area contributed by atoms with Gasteiger partial charge in [0.05, 0.1) is 0 Å². The van der Waals surface area contributed by atoms with Gasteiger partial charge in [0.15, 0.2) is 0 Å². The predicted octanol–water partition coefficient (Wildman–Crippen LogP) is 1.25. The van der Waals surface area contributed by atoms with E-state index in [1.807, 2.05) is 0 Å². The summed E-state index contributed by atoms with van der Waals surface area (Å²) in [4.78, 5) is 33.1. The number of carboxylic acid groups (broad SMARTS) is 1. The molecule has 20 heavy (non-hydrogen) atoms. The Hall–Kier alpha value is -2.63. The number of nitrogens with one attached hydrogen (secondary N) is 2. The molecule has 0 spiro atoms. The van der Waals surface area contributed by atoms with Crippen LogP contribution in [0, 0.1) is 0 Å². The van der Waals surface area contributed by atoms with Gasteiger partial charge in [-0.25, -0.2) is 4.79 Å². The largest absolute Gasteiger partial charge is 0.478 e. The lowest BCUT2D eigenvalue weighted by atomic mass is 10.2. The van der Waals surface area contributed by atoms with Gasteiger partial charge in [-0.3, -0.25) is 9.59 Å². The van der Waals surface area contributed by atoms with Gasteiger partial charge in [-0.05, 0) is 30.7 Å². The van der Waals surface area contributed by atoms with Gasteiger partial charge in [-0.15, -0.1) is 0 Å². The topological polar surface area (TPSA) is 95.5 Å². The van der Waals surface area contributed by atoms with E-state index in [1.165, 1.54) is 13.0 Å². The van der Waals surface area contributed by atoms with Gasteiger partial charge >= 0.3 is 5.97 Å². The molecule has 1 aromatic rings.